The standard InChI is InChI=1S/C94H70B3N9S4/c1-107-103-82-61-84-78(59-76(82)95-74-49-29-31-51-80(74)101(69-45-25-11-26-46-69)86-53-71(55-88(103)92(86)95)98(63-33-13-5-14-34-63)64-35-15-6-16-36-64)97-79-60-77-83(62-85(79)106(110-4)91-58-73(57-90(94(91)97)105(84)109-3)100(67-41-21-9-22-42-67)68-43-23-10-24-44-68)104(108-2)89-56-72(99(65-37-17-7-18-38-65)66-39-19-8-20-40-66)54-87-93(89)96(77)75-50-30-32-52-81(75)102(87)70-47-27-12-28-48-70/h5-62H,1-4H3. The monoisotopic (exact) mass is 1490 g/mol. The predicted molar refractivity (Wildman–Crippen MR) is 482 cm³/mol. The molecule has 110 heavy (non-hydrogen) atoms. The van der Waals surface area contributed by atoms with E-state index in [9.17, 15) is 0 Å². The van der Waals surface area contributed by atoms with Gasteiger partial charge < -0.3 is 24.5 Å². The molecule has 9 nitrogen and oxygen atoms in total. The average Bonchev–Trinajstić information content (AvgIpc) is 0.684. The van der Waals surface area contributed by atoms with Crippen molar-refractivity contribution in [3.8, 4) is 0 Å². The maximum atomic E-state index is 2.67. The molecule has 0 N–H and O–H groups in total. The van der Waals surface area contributed by atoms with Crippen molar-refractivity contribution in [2.45, 2.75) is 0 Å². The minimum atomic E-state index is -0.227. The molecule has 0 saturated carbocycles. The molecule has 6 heterocycles. The molecule has 0 bridgehead atoms. The van der Waals surface area contributed by atoms with Gasteiger partial charge >= 0.3 is 0 Å². The van der Waals surface area contributed by atoms with E-state index in [0.717, 1.165) is 96.7 Å². The highest BCUT2D eigenvalue weighted by atomic mass is 32.2. The largest absolute Gasteiger partial charge is 0.311 e. The molecule has 6 aliphatic heterocycles. The molecule has 0 unspecified atom stereocenters. The number of rotatable bonds is 15. The molecule has 21 rings (SSSR count). The van der Waals surface area contributed by atoms with Crippen LogP contribution in [0.5, 0.6) is 0 Å². The lowest BCUT2D eigenvalue weighted by Gasteiger charge is -2.47. The molecule has 0 saturated heterocycles. The van der Waals surface area contributed by atoms with Crippen molar-refractivity contribution >= 4 is 248 Å². The molecule has 6 aliphatic rings. The Morgan fingerprint density at radius 3 is 0.673 bits per heavy atom. The van der Waals surface area contributed by atoms with Crippen LogP contribution in [0, 0.1) is 0 Å². The Kier molecular flexibility index (Phi) is 16.3. The van der Waals surface area contributed by atoms with Gasteiger partial charge in [0.05, 0.1) is 39.8 Å². The van der Waals surface area contributed by atoms with E-state index in [-0.39, 0.29) is 20.1 Å². The minimum Gasteiger partial charge on any atom is -0.311 e. The van der Waals surface area contributed by atoms with Crippen LogP contribution in [0.3, 0.4) is 0 Å². The summed E-state index contributed by atoms with van der Waals surface area (Å²) in [5.41, 5.74) is 37.4. The molecule has 524 valence electrons. The van der Waals surface area contributed by atoms with Gasteiger partial charge in [0.25, 0.3) is 20.1 Å². The van der Waals surface area contributed by atoms with Crippen LogP contribution >= 0.6 is 47.8 Å². The van der Waals surface area contributed by atoms with Crippen molar-refractivity contribution in [3.63, 3.8) is 0 Å². The molecular weight excluding hydrogens is 1420 g/mol. The number of anilines is 23. The average molecular weight is 1490 g/mol. The summed E-state index contributed by atoms with van der Waals surface area (Å²) in [4.78, 5) is 12.3. The third-order valence-electron chi connectivity index (χ3n) is 22.7. The molecule has 0 atom stereocenters. The maximum Gasteiger partial charge on any atom is 0.252 e. The van der Waals surface area contributed by atoms with Gasteiger partial charge in [0, 0.05) is 116 Å². The third-order valence-corrected chi connectivity index (χ3v) is 25.7. The lowest BCUT2D eigenvalue weighted by Crippen LogP contribution is -2.66. The first-order chi connectivity index (χ1) is 54.5. The van der Waals surface area contributed by atoms with Crippen LogP contribution in [0.4, 0.5) is 131 Å². The molecule has 0 aromatic heterocycles. The van der Waals surface area contributed by atoms with Crippen LogP contribution < -0.4 is 90.9 Å². The zero-order valence-corrected chi connectivity index (χ0v) is 64.1. The summed E-state index contributed by atoms with van der Waals surface area (Å²) in [6.07, 6.45) is 9.05. The molecule has 0 fully saturated rings. The van der Waals surface area contributed by atoms with Gasteiger partial charge in [0.2, 0.25) is 0 Å². The number of hydrogen-bond donors (Lipinski definition) is 0. The van der Waals surface area contributed by atoms with Gasteiger partial charge in [-0.2, -0.15) is 0 Å². The van der Waals surface area contributed by atoms with Gasteiger partial charge in [0.1, 0.15) is 0 Å². The van der Waals surface area contributed by atoms with Crippen LogP contribution in [-0.2, 0) is 0 Å². The molecule has 0 radical (unpaired) electrons. The normalized spacial score (nSPS) is 13.4. The summed E-state index contributed by atoms with van der Waals surface area (Å²) >= 11 is 7.14. The van der Waals surface area contributed by atoms with E-state index >= 15 is 0 Å². The summed E-state index contributed by atoms with van der Waals surface area (Å²) in [5.74, 6) is 0. The molecule has 0 aliphatic carbocycles. The summed E-state index contributed by atoms with van der Waals surface area (Å²) in [5, 5.41) is 0. The van der Waals surface area contributed by atoms with Crippen molar-refractivity contribution in [3.05, 3.63) is 352 Å². The maximum absolute atomic E-state index is 2.67. The first-order valence-corrected chi connectivity index (χ1v) is 42.0. The second-order valence-electron chi connectivity index (χ2n) is 28.3. The van der Waals surface area contributed by atoms with Gasteiger partial charge in [0.15, 0.2) is 0 Å². The van der Waals surface area contributed by atoms with E-state index in [1.807, 2.05) is 0 Å². The van der Waals surface area contributed by atoms with Crippen LogP contribution in [-0.4, -0.2) is 45.2 Å². The van der Waals surface area contributed by atoms with E-state index in [2.05, 4.69) is 419 Å². The molecular formula is C94H70B3N9S4. The van der Waals surface area contributed by atoms with Crippen LogP contribution in [0.2, 0.25) is 0 Å². The quantitative estimate of drug-likeness (QED) is 0.0722. The van der Waals surface area contributed by atoms with Crippen molar-refractivity contribution in [2.24, 2.45) is 0 Å². The van der Waals surface area contributed by atoms with Crippen LogP contribution in [0.25, 0.3) is 0 Å². The first kappa shape index (κ1) is 66.3. The van der Waals surface area contributed by atoms with Crippen LogP contribution in [0.15, 0.2) is 352 Å². The van der Waals surface area contributed by atoms with Crippen molar-refractivity contribution in [1.29, 1.82) is 0 Å². The van der Waals surface area contributed by atoms with Gasteiger partial charge in [-0.05, 0) is 255 Å². The van der Waals surface area contributed by atoms with E-state index in [4.69, 9.17) is 0 Å². The Labute approximate surface area is 661 Å². The Morgan fingerprint density at radius 1 is 0.191 bits per heavy atom. The smallest absolute Gasteiger partial charge is 0.252 e. The van der Waals surface area contributed by atoms with Gasteiger partial charge in [-0.25, -0.2) is 0 Å². The number of benzene rings is 15. The van der Waals surface area contributed by atoms with E-state index in [1.54, 1.807) is 47.8 Å². The van der Waals surface area contributed by atoms with Crippen molar-refractivity contribution < 1.29 is 0 Å². The molecule has 15 aromatic rings. The van der Waals surface area contributed by atoms with Crippen molar-refractivity contribution in [1.82, 2.24) is 0 Å². The molecule has 15 aromatic carbocycles. The molecule has 0 amide bonds. The third kappa shape index (κ3) is 10.3. The fourth-order valence-corrected chi connectivity index (χ4v) is 21.2. The molecule has 16 heteroatoms. The number of para-hydroxylation sites is 10. The highest BCUT2D eigenvalue weighted by Crippen LogP contribution is 2.54. The van der Waals surface area contributed by atoms with Crippen LogP contribution in [0.1, 0.15) is 0 Å². The van der Waals surface area contributed by atoms with E-state index in [1.165, 1.54) is 83.3 Å². The van der Waals surface area contributed by atoms with Crippen molar-refractivity contribution in [2.75, 3.05) is 66.7 Å². The molecule has 0 spiro atoms. The number of fused-ring (bicyclic) bond motifs is 12. The Balaban J connectivity index is 0.841. The number of nitrogens with zero attached hydrogens (tertiary/aromatic N) is 9. The summed E-state index contributed by atoms with van der Waals surface area (Å²) in [7, 11) is 0. The fraction of sp³-hybridized carbons (Fsp3) is 0.0426. The predicted octanol–water partition coefficient (Wildman–Crippen LogP) is 20.1. The lowest BCUT2D eigenvalue weighted by atomic mass is 9.29. The zero-order valence-electron chi connectivity index (χ0n) is 60.9. The van der Waals surface area contributed by atoms with E-state index in [0.29, 0.717) is 0 Å². The van der Waals surface area contributed by atoms with Gasteiger partial charge in [-0.15, -0.1) is 0 Å². The second-order valence-corrected chi connectivity index (χ2v) is 31.2. The highest BCUT2D eigenvalue weighted by Gasteiger charge is 2.51. The Bertz CT molecular complexity index is 5640. The Morgan fingerprint density at radius 2 is 0.409 bits per heavy atom. The topological polar surface area (TPSA) is 29.2 Å². The highest BCUT2D eigenvalue weighted by molar-refractivity contribution is 8.01. The fourth-order valence-electron chi connectivity index (χ4n) is 18.4. The summed E-state index contributed by atoms with van der Waals surface area (Å²) in [6.45, 7) is -0.528. The summed E-state index contributed by atoms with van der Waals surface area (Å²) < 4.78 is 10.2. The second kappa shape index (κ2) is 27.0. The minimum absolute atomic E-state index is 0.151. The van der Waals surface area contributed by atoms with Gasteiger partial charge in [-0.3, -0.25) is 17.2 Å². The number of hydrogen-bond acceptors (Lipinski definition) is 13. The Hall–Kier alpha value is -11.9. The lowest BCUT2D eigenvalue weighted by molar-refractivity contribution is 1.25. The van der Waals surface area contributed by atoms with E-state index < -0.39 is 0 Å². The van der Waals surface area contributed by atoms with Gasteiger partial charge in [-0.1, -0.05) is 194 Å². The zero-order chi connectivity index (χ0) is 73.2. The summed E-state index contributed by atoms with van der Waals surface area (Å²) in [6, 6.07) is 131. The SMILES string of the molecule is CSN1c2cc3c(cc2B2c4cc5c(cc4N(SC)c4cc(N(c6ccccc6)c6ccccc6)cc1c42)N(SC)c1cc(N(c2ccccc2)c2ccccc2)cc2c1B5c1ccccc1N2c1ccccc1)B1c2ccccc2N(c2ccccc2)c2cc(N(c4ccccc4)c4ccccc4)cc(c21)N3SC. The first-order valence-electron chi connectivity index (χ1n) is 37.3.